The lowest BCUT2D eigenvalue weighted by molar-refractivity contribution is -0.660. The van der Waals surface area contributed by atoms with Crippen LogP contribution < -0.4 is 4.57 Å². The normalized spacial score (nSPS) is 11.2. The Kier molecular flexibility index (Phi) is 5.09. The van der Waals surface area contributed by atoms with Crippen LogP contribution in [0.4, 0.5) is 4.39 Å². The van der Waals surface area contributed by atoms with Gasteiger partial charge in [0, 0.05) is 28.5 Å². The van der Waals surface area contributed by atoms with Crippen molar-refractivity contribution in [2.24, 2.45) is 7.05 Å². The third kappa shape index (κ3) is 3.52. The SMILES string of the molecule is Cc1ccc2c(oc3nc(-c4ccc(-c5ccccc5)cc4)c(C#N)cc32)c1-c1cc(F)cc[n+]1C. The standard InChI is InChI=1S/C31H21FN3O/c1-19-8-13-25-26-16-23(18-33)29(22-11-9-21(10-12-22)20-6-4-3-5-7-20)34-31(26)36-30(25)28(19)27-17-24(32)14-15-35(27)2/h3-17H,1-2H3/q+1. The predicted molar refractivity (Wildman–Crippen MR) is 138 cm³/mol. The van der Waals surface area contributed by atoms with Crippen molar-refractivity contribution in [1.29, 1.82) is 5.26 Å². The molecule has 0 bridgehead atoms. The minimum absolute atomic E-state index is 0.318. The minimum atomic E-state index is -0.318. The molecule has 5 heteroatoms. The van der Waals surface area contributed by atoms with Crippen LogP contribution in [0.5, 0.6) is 0 Å². The number of pyridine rings is 2. The molecule has 6 aromatic rings. The van der Waals surface area contributed by atoms with Crippen molar-refractivity contribution in [3.05, 3.63) is 108 Å². The minimum Gasteiger partial charge on any atom is -0.437 e. The molecule has 0 saturated carbocycles. The molecule has 4 nitrogen and oxygen atoms in total. The van der Waals surface area contributed by atoms with Gasteiger partial charge in [-0.15, -0.1) is 0 Å². The number of halogens is 1. The monoisotopic (exact) mass is 470 g/mol. The highest BCUT2D eigenvalue weighted by atomic mass is 19.1. The molecule has 36 heavy (non-hydrogen) atoms. The molecule has 0 fully saturated rings. The van der Waals surface area contributed by atoms with Crippen LogP contribution in [0.3, 0.4) is 0 Å². The van der Waals surface area contributed by atoms with Crippen LogP contribution in [0.25, 0.3) is 55.7 Å². The Labute approximate surface area is 207 Å². The number of rotatable bonds is 3. The van der Waals surface area contributed by atoms with Crippen LogP contribution in [0.15, 0.2) is 95.5 Å². The molecule has 0 spiro atoms. The number of furan rings is 1. The van der Waals surface area contributed by atoms with Crippen LogP contribution in [0.2, 0.25) is 0 Å². The maximum atomic E-state index is 14.2. The molecule has 0 saturated heterocycles. The number of aryl methyl sites for hydroxylation is 2. The average Bonchev–Trinajstić information content (AvgIpc) is 3.27. The number of hydrogen-bond acceptors (Lipinski definition) is 3. The molecule has 0 aliphatic rings. The summed E-state index contributed by atoms with van der Waals surface area (Å²) in [5.74, 6) is -0.318. The van der Waals surface area contributed by atoms with E-state index in [-0.39, 0.29) is 5.82 Å². The number of fused-ring (bicyclic) bond motifs is 3. The van der Waals surface area contributed by atoms with Crippen molar-refractivity contribution in [2.75, 3.05) is 0 Å². The lowest BCUT2D eigenvalue weighted by Crippen LogP contribution is -2.30. The van der Waals surface area contributed by atoms with Crippen molar-refractivity contribution in [3.63, 3.8) is 0 Å². The molecule has 3 aromatic carbocycles. The zero-order chi connectivity index (χ0) is 24.8. The molecule has 172 valence electrons. The van der Waals surface area contributed by atoms with Crippen molar-refractivity contribution in [3.8, 4) is 39.7 Å². The van der Waals surface area contributed by atoms with Gasteiger partial charge in [0.2, 0.25) is 11.4 Å². The third-order valence-corrected chi connectivity index (χ3v) is 6.60. The highest BCUT2D eigenvalue weighted by molar-refractivity contribution is 6.09. The van der Waals surface area contributed by atoms with Gasteiger partial charge < -0.3 is 4.42 Å². The topological polar surface area (TPSA) is 53.7 Å². The maximum absolute atomic E-state index is 14.2. The van der Waals surface area contributed by atoms with Crippen LogP contribution >= 0.6 is 0 Å². The van der Waals surface area contributed by atoms with E-state index in [2.05, 4.69) is 18.2 Å². The summed E-state index contributed by atoms with van der Waals surface area (Å²) >= 11 is 0. The highest BCUT2D eigenvalue weighted by Crippen LogP contribution is 2.38. The fourth-order valence-electron chi connectivity index (χ4n) is 4.73. The van der Waals surface area contributed by atoms with Crippen LogP contribution in [0, 0.1) is 24.1 Å². The van der Waals surface area contributed by atoms with E-state index >= 15 is 0 Å². The summed E-state index contributed by atoms with van der Waals surface area (Å²) in [6.45, 7) is 1.97. The first-order valence-electron chi connectivity index (χ1n) is 11.6. The summed E-state index contributed by atoms with van der Waals surface area (Å²) in [5, 5.41) is 11.6. The number of hydrogen-bond donors (Lipinski definition) is 0. The molecular weight excluding hydrogens is 449 g/mol. The van der Waals surface area contributed by atoms with E-state index in [1.165, 1.54) is 12.1 Å². The molecule has 3 aromatic heterocycles. The van der Waals surface area contributed by atoms with Crippen LogP contribution in [-0.2, 0) is 7.05 Å². The predicted octanol–water partition coefficient (Wildman–Crippen LogP) is 7.13. The van der Waals surface area contributed by atoms with Crippen molar-refractivity contribution in [1.82, 2.24) is 4.98 Å². The first kappa shape index (κ1) is 21.7. The number of nitrogens with zero attached hydrogens (tertiary/aromatic N) is 3. The van der Waals surface area contributed by atoms with E-state index in [0.717, 1.165) is 38.6 Å². The van der Waals surface area contributed by atoms with Crippen LogP contribution in [-0.4, -0.2) is 4.98 Å². The molecule has 0 aliphatic heterocycles. The molecular formula is C31H21FN3O+. The van der Waals surface area contributed by atoms with E-state index in [9.17, 15) is 9.65 Å². The Morgan fingerprint density at radius 2 is 1.58 bits per heavy atom. The Morgan fingerprint density at radius 3 is 2.33 bits per heavy atom. The molecule has 0 unspecified atom stereocenters. The molecule has 0 radical (unpaired) electrons. The second-order valence-electron chi connectivity index (χ2n) is 8.87. The van der Waals surface area contributed by atoms with Crippen molar-refractivity contribution in [2.45, 2.75) is 6.92 Å². The molecule has 0 N–H and O–H groups in total. The van der Waals surface area contributed by atoms with Gasteiger partial charge in [-0.1, -0.05) is 66.7 Å². The van der Waals surface area contributed by atoms with Crippen LogP contribution in [0.1, 0.15) is 11.1 Å². The second-order valence-corrected chi connectivity index (χ2v) is 8.87. The Balaban J connectivity index is 1.54. The van der Waals surface area contributed by atoms with E-state index in [1.807, 2.05) is 79.2 Å². The van der Waals surface area contributed by atoms with Gasteiger partial charge in [0.15, 0.2) is 11.8 Å². The van der Waals surface area contributed by atoms with E-state index in [4.69, 9.17) is 9.40 Å². The van der Waals surface area contributed by atoms with Gasteiger partial charge in [0.05, 0.1) is 16.8 Å². The van der Waals surface area contributed by atoms with Gasteiger partial charge in [-0.3, -0.25) is 0 Å². The van der Waals surface area contributed by atoms with Crippen molar-refractivity contribution >= 4 is 22.1 Å². The molecule has 0 atom stereocenters. The van der Waals surface area contributed by atoms with E-state index in [0.29, 0.717) is 28.2 Å². The zero-order valence-corrected chi connectivity index (χ0v) is 19.8. The quantitative estimate of drug-likeness (QED) is 0.259. The largest absolute Gasteiger partial charge is 0.437 e. The van der Waals surface area contributed by atoms with Gasteiger partial charge in [0.25, 0.3) is 0 Å². The Morgan fingerprint density at radius 1 is 0.861 bits per heavy atom. The number of nitriles is 1. The van der Waals surface area contributed by atoms with Gasteiger partial charge in [0.1, 0.15) is 18.9 Å². The fourth-order valence-corrected chi connectivity index (χ4v) is 4.73. The summed E-state index contributed by atoms with van der Waals surface area (Å²) < 4.78 is 22.3. The molecule has 6 rings (SSSR count). The Bertz CT molecular complexity index is 1810. The summed E-state index contributed by atoms with van der Waals surface area (Å²) in [6.07, 6.45) is 1.69. The summed E-state index contributed by atoms with van der Waals surface area (Å²) in [7, 11) is 1.87. The van der Waals surface area contributed by atoms with E-state index in [1.54, 1.807) is 6.20 Å². The maximum Gasteiger partial charge on any atom is 0.227 e. The second kappa shape index (κ2) is 8.44. The van der Waals surface area contributed by atoms with Gasteiger partial charge in [-0.25, -0.2) is 13.9 Å². The number of aromatic nitrogens is 2. The fraction of sp³-hybridized carbons (Fsp3) is 0.0645. The lowest BCUT2D eigenvalue weighted by atomic mass is 9.99. The third-order valence-electron chi connectivity index (χ3n) is 6.60. The summed E-state index contributed by atoms with van der Waals surface area (Å²) in [4.78, 5) is 4.79. The Hall–Kier alpha value is -4.82. The highest BCUT2D eigenvalue weighted by Gasteiger charge is 2.23. The molecule has 0 amide bonds. The first-order chi connectivity index (χ1) is 17.5. The van der Waals surface area contributed by atoms with Gasteiger partial charge in [-0.05, 0) is 29.7 Å². The van der Waals surface area contributed by atoms with Crippen molar-refractivity contribution < 1.29 is 13.4 Å². The lowest BCUT2D eigenvalue weighted by Gasteiger charge is -2.06. The molecule has 3 heterocycles. The molecule has 0 aliphatic carbocycles. The van der Waals surface area contributed by atoms with Gasteiger partial charge in [-0.2, -0.15) is 5.26 Å². The van der Waals surface area contributed by atoms with Gasteiger partial charge >= 0.3 is 0 Å². The number of benzene rings is 3. The van der Waals surface area contributed by atoms with E-state index < -0.39 is 0 Å². The summed E-state index contributed by atoms with van der Waals surface area (Å²) in [6, 6.07) is 29.2. The smallest absolute Gasteiger partial charge is 0.227 e. The first-order valence-corrected chi connectivity index (χ1v) is 11.6. The zero-order valence-electron chi connectivity index (χ0n) is 19.8. The summed E-state index contributed by atoms with van der Waals surface area (Å²) in [5.41, 5.74) is 7.62. The average molecular weight is 471 g/mol.